The molecule has 0 unspecified atom stereocenters. The van der Waals surface area contributed by atoms with Crippen LogP contribution in [0.4, 0.5) is 10.1 Å². The maximum absolute atomic E-state index is 13.0. The summed E-state index contributed by atoms with van der Waals surface area (Å²) in [7, 11) is 0. The molecule has 1 heterocycles. The molecule has 0 spiro atoms. The van der Waals surface area contributed by atoms with Crippen molar-refractivity contribution in [3.05, 3.63) is 57.5 Å². The number of benzene rings is 1. The lowest BCUT2D eigenvalue weighted by atomic mass is 10.2. The van der Waals surface area contributed by atoms with Crippen molar-refractivity contribution in [3.63, 3.8) is 0 Å². The van der Waals surface area contributed by atoms with Gasteiger partial charge in [0.1, 0.15) is 5.82 Å². The average molecular weight is 297 g/mol. The molecule has 1 aromatic carbocycles. The van der Waals surface area contributed by atoms with Crippen LogP contribution in [0, 0.1) is 22.9 Å². The van der Waals surface area contributed by atoms with Crippen LogP contribution in [-0.2, 0) is 5.88 Å². The molecule has 7 heteroatoms. The zero-order chi connectivity index (χ0) is 14.7. The van der Waals surface area contributed by atoms with Crippen LogP contribution in [-0.4, -0.2) is 9.91 Å². The Morgan fingerprint density at radius 2 is 2.20 bits per heavy atom. The highest BCUT2D eigenvalue weighted by Crippen LogP contribution is 2.32. The summed E-state index contributed by atoms with van der Waals surface area (Å²) in [5.41, 5.74) is 1.04. The number of hydrogen-bond donors (Lipinski definition) is 0. The third kappa shape index (κ3) is 3.03. The van der Waals surface area contributed by atoms with Crippen molar-refractivity contribution >= 4 is 17.3 Å². The van der Waals surface area contributed by atoms with Crippen LogP contribution >= 0.6 is 11.6 Å². The predicted octanol–water partition coefficient (Wildman–Crippen LogP) is 3.97. The van der Waals surface area contributed by atoms with Crippen LogP contribution in [0.15, 0.2) is 30.5 Å². The quantitative estimate of drug-likeness (QED) is 0.486. The van der Waals surface area contributed by atoms with E-state index < -0.39 is 16.4 Å². The van der Waals surface area contributed by atoms with Crippen molar-refractivity contribution in [2.75, 3.05) is 0 Å². The molecular weight excluding hydrogens is 287 g/mol. The summed E-state index contributed by atoms with van der Waals surface area (Å²) >= 11 is 5.68. The minimum Gasteiger partial charge on any atom is -0.432 e. The Balaban J connectivity index is 2.37. The van der Waals surface area contributed by atoms with Crippen LogP contribution in [0.2, 0.25) is 0 Å². The van der Waals surface area contributed by atoms with Crippen molar-refractivity contribution in [3.8, 4) is 11.6 Å². The molecule has 0 amide bonds. The Morgan fingerprint density at radius 1 is 1.45 bits per heavy atom. The molecule has 0 saturated carbocycles. The van der Waals surface area contributed by atoms with Crippen LogP contribution in [0.1, 0.15) is 11.1 Å². The maximum Gasteiger partial charge on any atom is 0.314 e. The van der Waals surface area contributed by atoms with E-state index in [0.29, 0.717) is 11.4 Å². The van der Waals surface area contributed by atoms with Gasteiger partial charge in [0, 0.05) is 17.6 Å². The van der Waals surface area contributed by atoms with Crippen LogP contribution in [0.3, 0.4) is 0 Å². The highest BCUT2D eigenvalue weighted by Gasteiger charge is 2.18. The third-order valence-corrected chi connectivity index (χ3v) is 2.87. The van der Waals surface area contributed by atoms with Crippen molar-refractivity contribution < 1.29 is 14.1 Å². The zero-order valence-electron chi connectivity index (χ0n) is 10.5. The van der Waals surface area contributed by atoms with Gasteiger partial charge in [-0.3, -0.25) is 10.1 Å². The molecule has 104 valence electrons. The molecule has 0 atom stereocenters. The fourth-order valence-corrected chi connectivity index (χ4v) is 1.77. The first-order valence-corrected chi connectivity index (χ1v) is 6.18. The standard InChI is InChI=1S/C13H10ClFN2O3/c1-8-4-9(6-14)7-16-13(8)20-12-3-2-10(15)5-11(12)17(18)19/h2-5,7H,6H2,1H3. The first-order valence-electron chi connectivity index (χ1n) is 5.64. The average Bonchev–Trinajstić information content (AvgIpc) is 2.42. The van der Waals surface area contributed by atoms with Crippen LogP contribution in [0.5, 0.6) is 11.6 Å². The van der Waals surface area contributed by atoms with E-state index in [2.05, 4.69) is 4.98 Å². The van der Waals surface area contributed by atoms with Gasteiger partial charge in [0.25, 0.3) is 0 Å². The fourth-order valence-electron chi connectivity index (χ4n) is 1.62. The van der Waals surface area contributed by atoms with Crippen molar-refractivity contribution in [1.82, 2.24) is 4.98 Å². The van der Waals surface area contributed by atoms with E-state index in [1.54, 1.807) is 13.0 Å². The van der Waals surface area contributed by atoms with Crippen LogP contribution < -0.4 is 4.74 Å². The Kier molecular flexibility index (Phi) is 4.14. The van der Waals surface area contributed by atoms with Gasteiger partial charge in [0.2, 0.25) is 11.6 Å². The smallest absolute Gasteiger partial charge is 0.314 e. The number of aromatic nitrogens is 1. The highest BCUT2D eigenvalue weighted by molar-refractivity contribution is 6.17. The van der Waals surface area contributed by atoms with Crippen LogP contribution in [0.25, 0.3) is 0 Å². The zero-order valence-corrected chi connectivity index (χ0v) is 11.2. The first kappa shape index (κ1) is 14.2. The Labute approximate surface area is 119 Å². The first-order chi connectivity index (χ1) is 9.51. The molecule has 1 aromatic heterocycles. The summed E-state index contributed by atoms with van der Waals surface area (Å²) in [6.45, 7) is 1.74. The molecule has 0 radical (unpaired) electrons. The lowest BCUT2D eigenvalue weighted by Crippen LogP contribution is -1.97. The van der Waals surface area contributed by atoms with Gasteiger partial charge in [0.05, 0.1) is 11.0 Å². The topological polar surface area (TPSA) is 65.3 Å². The molecule has 0 aliphatic carbocycles. The largest absolute Gasteiger partial charge is 0.432 e. The van der Waals surface area contributed by atoms with Crippen molar-refractivity contribution in [2.45, 2.75) is 12.8 Å². The Morgan fingerprint density at radius 3 is 2.80 bits per heavy atom. The molecule has 0 N–H and O–H groups in total. The number of hydrogen-bond acceptors (Lipinski definition) is 4. The number of pyridine rings is 1. The second-order valence-corrected chi connectivity index (χ2v) is 4.34. The number of aryl methyl sites for hydroxylation is 1. The van der Waals surface area contributed by atoms with E-state index in [1.807, 2.05) is 0 Å². The number of nitrogens with zero attached hydrogens (tertiary/aromatic N) is 2. The van der Waals surface area contributed by atoms with Gasteiger partial charge < -0.3 is 4.74 Å². The second kappa shape index (κ2) is 5.83. The molecule has 2 aromatic rings. The van der Waals surface area contributed by atoms with E-state index in [9.17, 15) is 14.5 Å². The summed E-state index contributed by atoms with van der Waals surface area (Å²) in [5.74, 6) is -0.240. The fraction of sp³-hybridized carbons (Fsp3) is 0.154. The molecule has 5 nitrogen and oxygen atoms in total. The summed E-state index contributed by atoms with van der Waals surface area (Å²) in [4.78, 5) is 14.2. The van der Waals surface area contributed by atoms with E-state index in [4.69, 9.17) is 16.3 Å². The number of nitro groups is 1. The summed E-state index contributed by atoms with van der Waals surface area (Å²) in [5, 5.41) is 10.9. The van der Waals surface area contributed by atoms with E-state index in [0.717, 1.165) is 17.7 Å². The van der Waals surface area contributed by atoms with Crippen molar-refractivity contribution in [1.29, 1.82) is 0 Å². The second-order valence-electron chi connectivity index (χ2n) is 4.07. The molecule has 0 aliphatic heterocycles. The maximum atomic E-state index is 13.0. The molecule has 20 heavy (non-hydrogen) atoms. The summed E-state index contributed by atoms with van der Waals surface area (Å²) in [6, 6.07) is 4.86. The predicted molar refractivity (Wildman–Crippen MR) is 71.7 cm³/mol. The number of alkyl halides is 1. The Bertz CT molecular complexity index is 664. The molecule has 0 bridgehead atoms. The van der Waals surface area contributed by atoms with Gasteiger partial charge in [0.15, 0.2) is 0 Å². The van der Waals surface area contributed by atoms with Crippen molar-refractivity contribution in [2.24, 2.45) is 0 Å². The molecular formula is C13H10ClFN2O3. The molecule has 0 fully saturated rings. The van der Waals surface area contributed by atoms with E-state index in [1.165, 1.54) is 12.3 Å². The lowest BCUT2D eigenvalue weighted by Gasteiger charge is -2.08. The summed E-state index contributed by atoms with van der Waals surface area (Å²) in [6.07, 6.45) is 1.52. The molecule has 0 aliphatic rings. The third-order valence-electron chi connectivity index (χ3n) is 2.57. The van der Waals surface area contributed by atoms with Gasteiger partial charge in [-0.05, 0) is 30.7 Å². The van der Waals surface area contributed by atoms with Gasteiger partial charge in [-0.1, -0.05) is 0 Å². The van der Waals surface area contributed by atoms with E-state index >= 15 is 0 Å². The van der Waals surface area contributed by atoms with Gasteiger partial charge in [-0.15, -0.1) is 11.6 Å². The molecule has 0 saturated heterocycles. The number of nitro benzene ring substituents is 1. The molecule has 2 rings (SSSR count). The van der Waals surface area contributed by atoms with Gasteiger partial charge in [-0.25, -0.2) is 9.37 Å². The monoisotopic (exact) mass is 296 g/mol. The number of halogens is 2. The number of rotatable bonds is 4. The Hall–Kier alpha value is -2.21. The van der Waals surface area contributed by atoms with E-state index in [-0.39, 0.29) is 11.6 Å². The highest BCUT2D eigenvalue weighted by atomic mass is 35.5. The minimum atomic E-state index is -0.707. The lowest BCUT2D eigenvalue weighted by molar-refractivity contribution is -0.385. The normalized spacial score (nSPS) is 10.3. The minimum absolute atomic E-state index is 0.0642. The number of ether oxygens (including phenoxy) is 1. The SMILES string of the molecule is Cc1cc(CCl)cnc1Oc1ccc(F)cc1[N+](=O)[O-]. The van der Waals surface area contributed by atoms with Gasteiger partial charge in [-0.2, -0.15) is 0 Å². The van der Waals surface area contributed by atoms with Gasteiger partial charge >= 0.3 is 5.69 Å². The summed E-state index contributed by atoms with van der Waals surface area (Å²) < 4.78 is 18.4.